The van der Waals surface area contributed by atoms with Crippen LogP contribution in [0.4, 0.5) is 0 Å². The molecule has 2 aliphatic heterocycles. The van der Waals surface area contributed by atoms with Crippen LogP contribution in [0.1, 0.15) is 72.9 Å². The third-order valence-corrected chi connectivity index (χ3v) is 6.20. The number of hydrogen-bond donors (Lipinski definition) is 2. The van der Waals surface area contributed by atoms with Crippen molar-refractivity contribution in [3.8, 4) is 0 Å². The van der Waals surface area contributed by atoms with Gasteiger partial charge in [0.25, 0.3) is 5.91 Å². The number of fused-ring (bicyclic) bond motifs is 1. The summed E-state index contributed by atoms with van der Waals surface area (Å²) < 4.78 is 0. The number of nitrogens with zero attached hydrogens (tertiary/aromatic N) is 1. The Balaban J connectivity index is 1.36. The minimum absolute atomic E-state index is 0.0638. The zero-order valence-corrected chi connectivity index (χ0v) is 16.5. The first kappa shape index (κ1) is 19.6. The second-order valence-electron chi connectivity index (χ2n) is 8.29. The summed E-state index contributed by atoms with van der Waals surface area (Å²) in [5.41, 5.74) is 2.43. The third kappa shape index (κ3) is 4.33. The van der Waals surface area contributed by atoms with E-state index < -0.39 is 11.9 Å². The molecule has 1 aromatic carbocycles. The highest BCUT2D eigenvalue weighted by Gasteiger charge is 2.39. The Morgan fingerprint density at radius 3 is 2.66 bits per heavy atom. The minimum atomic E-state index is -0.600. The number of rotatable bonds is 5. The molecule has 1 unspecified atom stereocenters. The summed E-state index contributed by atoms with van der Waals surface area (Å²) in [5.74, 6) is -0.803. The van der Waals surface area contributed by atoms with E-state index in [0.29, 0.717) is 37.4 Å². The molecule has 3 aliphatic rings. The van der Waals surface area contributed by atoms with Gasteiger partial charge in [-0.15, -0.1) is 0 Å². The molecule has 0 aromatic heterocycles. The molecule has 1 aliphatic carbocycles. The summed E-state index contributed by atoms with van der Waals surface area (Å²) in [6.45, 7) is 0.378. The number of piperidine rings is 1. The van der Waals surface area contributed by atoms with Gasteiger partial charge >= 0.3 is 0 Å². The lowest BCUT2D eigenvalue weighted by atomic mass is 9.95. The van der Waals surface area contributed by atoms with Gasteiger partial charge in [0, 0.05) is 31.0 Å². The van der Waals surface area contributed by atoms with Crippen LogP contribution in [-0.4, -0.2) is 40.6 Å². The molecule has 2 N–H and O–H groups in total. The highest BCUT2D eigenvalue weighted by Crippen LogP contribution is 2.28. The summed E-state index contributed by atoms with van der Waals surface area (Å²) in [4.78, 5) is 50.1. The number of hydrogen-bond acceptors (Lipinski definition) is 4. The molecule has 1 atom stereocenters. The first-order valence-electron chi connectivity index (χ1n) is 10.6. The van der Waals surface area contributed by atoms with Crippen molar-refractivity contribution in [1.82, 2.24) is 15.5 Å². The fourth-order valence-electron chi connectivity index (χ4n) is 4.56. The zero-order chi connectivity index (χ0) is 20.4. The topological polar surface area (TPSA) is 95.6 Å². The van der Waals surface area contributed by atoms with Crippen molar-refractivity contribution in [2.75, 3.05) is 0 Å². The molecule has 0 radical (unpaired) electrons. The highest BCUT2D eigenvalue weighted by atomic mass is 16.2. The Hall–Kier alpha value is -2.70. The molecule has 2 fully saturated rings. The molecule has 154 valence electrons. The minimum Gasteiger partial charge on any atom is -0.353 e. The van der Waals surface area contributed by atoms with Gasteiger partial charge < -0.3 is 10.2 Å². The van der Waals surface area contributed by atoms with Gasteiger partial charge in [0.2, 0.25) is 17.7 Å². The smallest absolute Gasteiger partial charge is 0.255 e. The van der Waals surface area contributed by atoms with Crippen molar-refractivity contribution in [3.63, 3.8) is 0 Å². The van der Waals surface area contributed by atoms with E-state index in [-0.39, 0.29) is 24.1 Å². The zero-order valence-electron chi connectivity index (χ0n) is 16.5. The number of amides is 4. The quantitative estimate of drug-likeness (QED) is 0.741. The largest absolute Gasteiger partial charge is 0.353 e. The molecule has 1 aromatic rings. The molecule has 7 heteroatoms. The number of aryl methyl sites for hydroxylation is 1. The van der Waals surface area contributed by atoms with E-state index >= 15 is 0 Å². The van der Waals surface area contributed by atoms with Crippen LogP contribution in [0.2, 0.25) is 0 Å². The van der Waals surface area contributed by atoms with Gasteiger partial charge in [0.1, 0.15) is 6.04 Å². The number of imide groups is 1. The molecule has 2 heterocycles. The Bertz CT molecular complexity index is 844. The maximum atomic E-state index is 12.9. The van der Waals surface area contributed by atoms with Crippen LogP contribution in [0.5, 0.6) is 0 Å². The summed E-state index contributed by atoms with van der Waals surface area (Å²) in [6.07, 6.45) is 7.34. The number of carbonyl (C=O) groups excluding carboxylic acids is 4. The maximum absolute atomic E-state index is 12.9. The Morgan fingerprint density at radius 1 is 1.10 bits per heavy atom. The second-order valence-corrected chi connectivity index (χ2v) is 8.29. The van der Waals surface area contributed by atoms with Crippen LogP contribution in [-0.2, 0) is 27.3 Å². The lowest BCUT2D eigenvalue weighted by Crippen LogP contribution is -2.52. The summed E-state index contributed by atoms with van der Waals surface area (Å²) >= 11 is 0. The summed E-state index contributed by atoms with van der Waals surface area (Å²) in [5, 5.41) is 5.44. The Morgan fingerprint density at radius 2 is 1.90 bits per heavy atom. The summed E-state index contributed by atoms with van der Waals surface area (Å²) in [7, 11) is 0. The van der Waals surface area contributed by atoms with Gasteiger partial charge in [-0.05, 0) is 42.9 Å². The van der Waals surface area contributed by atoms with Crippen molar-refractivity contribution in [1.29, 1.82) is 0 Å². The first-order valence-corrected chi connectivity index (χ1v) is 10.6. The standard InChI is InChI=1S/C22H27N3O4/c26-19(23-16-4-2-1-3-5-16)10-7-14-6-8-15-13-25(22(29)17(15)12-14)18-9-11-20(27)24-21(18)28/h6,8,12,16,18H,1-5,7,9-11,13H2,(H,23,26)(H,24,27,28). The van der Waals surface area contributed by atoms with Crippen LogP contribution in [0.15, 0.2) is 18.2 Å². The lowest BCUT2D eigenvalue weighted by Gasteiger charge is -2.29. The van der Waals surface area contributed by atoms with E-state index in [1.165, 1.54) is 19.3 Å². The van der Waals surface area contributed by atoms with Crippen molar-refractivity contribution >= 4 is 23.6 Å². The predicted molar refractivity (Wildman–Crippen MR) is 106 cm³/mol. The molecule has 7 nitrogen and oxygen atoms in total. The number of nitrogens with one attached hydrogen (secondary N) is 2. The molecule has 1 saturated heterocycles. The monoisotopic (exact) mass is 397 g/mol. The van der Waals surface area contributed by atoms with Gasteiger partial charge in [-0.2, -0.15) is 0 Å². The normalized spacial score (nSPS) is 22.4. The van der Waals surface area contributed by atoms with Crippen LogP contribution in [0.25, 0.3) is 0 Å². The van der Waals surface area contributed by atoms with E-state index in [4.69, 9.17) is 0 Å². The number of carbonyl (C=O) groups is 4. The molecule has 1 saturated carbocycles. The fourth-order valence-corrected chi connectivity index (χ4v) is 4.56. The lowest BCUT2D eigenvalue weighted by molar-refractivity contribution is -0.137. The molecular weight excluding hydrogens is 370 g/mol. The molecule has 4 amide bonds. The first-order chi connectivity index (χ1) is 14.0. The van der Waals surface area contributed by atoms with Gasteiger partial charge in [-0.1, -0.05) is 31.4 Å². The van der Waals surface area contributed by atoms with E-state index in [0.717, 1.165) is 24.0 Å². The van der Waals surface area contributed by atoms with Crippen LogP contribution < -0.4 is 10.6 Å². The van der Waals surface area contributed by atoms with Crippen molar-refractivity contribution in [2.24, 2.45) is 0 Å². The number of benzene rings is 1. The molecule has 29 heavy (non-hydrogen) atoms. The van der Waals surface area contributed by atoms with E-state index in [9.17, 15) is 19.2 Å². The SMILES string of the molecule is O=C1CCC(N2Cc3ccc(CCC(=O)NC4CCCCC4)cc3C2=O)C(=O)N1. The van der Waals surface area contributed by atoms with Crippen molar-refractivity contribution < 1.29 is 19.2 Å². The molecule has 0 bridgehead atoms. The fraction of sp³-hybridized carbons (Fsp3) is 0.545. The summed E-state index contributed by atoms with van der Waals surface area (Å²) in [6, 6.07) is 5.41. The predicted octanol–water partition coefficient (Wildman–Crippen LogP) is 1.83. The average molecular weight is 397 g/mol. The van der Waals surface area contributed by atoms with Gasteiger partial charge in [0.05, 0.1) is 0 Å². The molecule has 0 spiro atoms. The molecular formula is C22H27N3O4. The molecule has 4 rings (SSSR count). The van der Waals surface area contributed by atoms with Crippen LogP contribution in [0.3, 0.4) is 0 Å². The van der Waals surface area contributed by atoms with Gasteiger partial charge in [-0.3, -0.25) is 24.5 Å². The Labute approximate surface area is 170 Å². The van der Waals surface area contributed by atoms with E-state index in [1.807, 2.05) is 18.2 Å². The van der Waals surface area contributed by atoms with Crippen molar-refractivity contribution in [2.45, 2.75) is 76.4 Å². The van der Waals surface area contributed by atoms with E-state index in [1.54, 1.807) is 4.90 Å². The highest BCUT2D eigenvalue weighted by molar-refractivity contribution is 6.05. The van der Waals surface area contributed by atoms with E-state index in [2.05, 4.69) is 10.6 Å². The van der Waals surface area contributed by atoms with Crippen LogP contribution in [0, 0.1) is 0 Å². The van der Waals surface area contributed by atoms with Gasteiger partial charge in [0.15, 0.2) is 0 Å². The van der Waals surface area contributed by atoms with Crippen molar-refractivity contribution in [3.05, 3.63) is 34.9 Å². The second kappa shape index (κ2) is 8.35. The van der Waals surface area contributed by atoms with Gasteiger partial charge in [-0.25, -0.2) is 0 Å². The third-order valence-electron chi connectivity index (χ3n) is 6.20. The maximum Gasteiger partial charge on any atom is 0.255 e. The van der Waals surface area contributed by atoms with Crippen LogP contribution >= 0.6 is 0 Å². The average Bonchev–Trinajstić information content (AvgIpc) is 3.03. The Kier molecular flexibility index (Phi) is 5.65.